The molecule has 0 unspecified atom stereocenters. The smallest absolute Gasteiger partial charge is 0.252 e. The van der Waals surface area contributed by atoms with Crippen LogP contribution in [0.25, 0.3) is 120 Å². The summed E-state index contributed by atoms with van der Waals surface area (Å²) in [6, 6.07) is 60.8. The Balaban J connectivity index is 1.28. The van der Waals surface area contributed by atoms with Gasteiger partial charge in [-0.05, 0) is 133 Å². The summed E-state index contributed by atoms with van der Waals surface area (Å²) >= 11 is 0. The van der Waals surface area contributed by atoms with E-state index in [4.69, 9.17) is 0 Å². The third-order valence-electron chi connectivity index (χ3n) is 14.5. The summed E-state index contributed by atoms with van der Waals surface area (Å²) in [5.41, 5.74) is 15.9. The zero-order chi connectivity index (χ0) is 39.3. The van der Waals surface area contributed by atoms with Gasteiger partial charge in [-0.25, -0.2) is 0 Å². The van der Waals surface area contributed by atoms with Crippen LogP contribution in [0.2, 0.25) is 0 Å². The molecule has 11 aromatic carbocycles. The van der Waals surface area contributed by atoms with Gasteiger partial charge >= 0.3 is 0 Å². The minimum atomic E-state index is 0.0497. The van der Waals surface area contributed by atoms with Crippen LogP contribution in [-0.4, -0.2) is 15.8 Å². The van der Waals surface area contributed by atoms with Crippen LogP contribution in [0.1, 0.15) is 16.7 Å². The fourth-order valence-electron chi connectivity index (χ4n) is 12.4. The molecule has 60 heavy (non-hydrogen) atoms. The van der Waals surface area contributed by atoms with Gasteiger partial charge in [0.2, 0.25) is 0 Å². The zero-order valence-corrected chi connectivity index (χ0v) is 33.5. The van der Waals surface area contributed by atoms with Gasteiger partial charge in [-0.15, -0.1) is 0 Å². The average molecular weight is 759 g/mol. The van der Waals surface area contributed by atoms with E-state index in [1.165, 1.54) is 153 Å². The molecule has 4 heterocycles. The summed E-state index contributed by atoms with van der Waals surface area (Å²) in [6.45, 7) is 6.85. The molecule has 3 heteroatoms. The molecule has 0 bridgehead atoms. The first-order valence-electron chi connectivity index (χ1n) is 21.3. The third-order valence-corrected chi connectivity index (χ3v) is 14.5. The maximum atomic E-state index is 2.68. The van der Waals surface area contributed by atoms with Gasteiger partial charge in [0.15, 0.2) is 0 Å². The predicted octanol–water partition coefficient (Wildman–Crippen LogP) is 12.9. The molecule has 0 amide bonds. The molecule has 0 radical (unpaired) electrons. The first-order valence-corrected chi connectivity index (χ1v) is 21.3. The summed E-state index contributed by atoms with van der Waals surface area (Å²) in [7, 11) is 0. The summed E-state index contributed by atoms with van der Waals surface area (Å²) in [6.07, 6.45) is 0. The van der Waals surface area contributed by atoms with E-state index in [0.717, 1.165) is 0 Å². The van der Waals surface area contributed by atoms with E-state index in [1.807, 2.05) is 0 Å². The third kappa shape index (κ3) is 3.58. The highest BCUT2D eigenvalue weighted by Crippen LogP contribution is 2.49. The lowest BCUT2D eigenvalue weighted by Gasteiger charge is -2.34. The lowest BCUT2D eigenvalue weighted by molar-refractivity contribution is 1.13. The molecule has 13 aromatic rings. The van der Waals surface area contributed by atoms with E-state index in [9.17, 15) is 0 Å². The molecular formula is C57H35BN2. The second kappa shape index (κ2) is 10.6. The van der Waals surface area contributed by atoms with Crippen molar-refractivity contribution in [2.24, 2.45) is 0 Å². The van der Waals surface area contributed by atoms with Crippen LogP contribution in [0.3, 0.4) is 0 Å². The molecule has 0 spiro atoms. The second-order valence-corrected chi connectivity index (χ2v) is 17.8. The first kappa shape index (κ1) is 31.6. The molecule has 2 aromatic heterocycles. The lowest BCUT2D eigenvalue weighted by atomic mass is 9.34. The normalized spacial score (nSPS) is 13.2. The number of aromatic nitrogens is 2. The average Bonchev–Trinajstić information content (AvgIpc) is 3.80. The predicted molar refractivity (Wildman–Crippen MR) is 259 cm³/mol. The molecule has 0 saturated carbocycles. The quantitative estimate of drug-likeness (QED) is 0.108. The van der Waals surface area contributed by atoms with E-state index in [1.54, 1.807) is 0 Å². The molecule has 0 aliphatic carbocycles. The lowest BCUT2D eigenvalue weighted by Crippen LogP contribution is -2.59. The van der Waals surface area contributed by atoms with Crippen LogP contribution < -0.4 is 16.4 Å². The van der Waals surface area contributed by atoms with Crippen molar-refractivity contribution in [1.29, 1.82) is 0 Å². The van der Waals surface area contributed by atoms with Gasteiger partial charge in [0.1, 0.15) is 0 Å². The minimum Gasteiger partial charge on any atom is -0.310 e. The van der Waals surface area contributed by atoms with Crippen molar-refractivity contribution in [2.75, 3.05) is 0 Å². The number of aryl methyl sites for hydroxylation is 3. The van der Waals surface area contributed by atoms with Gasteiger partial charge in [0, 0.05) is 49.2 Å². The Morgan fingerprint density at radius 2 is 0.783 bits per heavy atom. The van der Waals surface area contributed by atoms with E-state index in [-0.39, 0.29) is 6.71 Å². The standard InChI is InChI=1S/C57H35BN2/c1-30-20-22-47-42(24-30)44-25-31(2)26-45-56(44)59(47)49-27-32(3)28-50-55(49)58(45)46-29-43-38-17-7-5-13-34(38)36-15-9-11-19-40(36)52(43)54-53-48(60(50)57(46)54)23-21-41-37-16-6-4-12-33(37)35-14-8-10-18-39(35)51(41)53/h4-29H,1-3H3. The summed E-state index contributed by atoms with van der Waals surface area (Å²) < 4.78 is 5.29. The van der Waals surface area contributed by atoms with Crippen molar-refractivity contribution >= 4 is 131 Å². The first-order chi connectivity index (χ1) is 29.5. The molecule has 276 valence electrons. The van der Waals surface area contributed by atoms with Crippen molar-refractivity contribution in [3.8, 4) is 11.4 Å². The van der Waals surface area contributed by atoms with E-state index < -0.39 is 0 Å². The maximum Gasteiger partial charge on any atom is 0.252 e. The highest BCUT2D eigenvalue weighted by molar-refractivity contribution is 7.00. The zero-order valence-electron chi connectivity index (χ0n) is 33.5. The second-order valence-electron chi connectivity index (χ2n) is 17.8. The molecule has 15 rings (SSSR count). The van der Waals surface area contributed by atoms with E-state index >= 15 is 0 Å². The van der Waals surface area contributed by atoms with Crippen LogP contribution in [0.5, 0.6) is 0 Å². The number of hydrogen-bond donors (Lipinski definition) is 0. The number of rotatable bonds is 0. The van der Waals surface area contributed by atoms with E-state index in [2.05, 4.69) is 188 Å². The Kier molecular flexibility index (Phi) is 5.60. The van der Waals surface area contributed by atoms with Gasteiger partial charge in [-0.3, -0.25) is 0 Å². The largest absolute Gasteiger partial charge is 0.310 e. The molecule has 2 aliphatic rings. The Labute approximate surface area is 345 Å². The molecular weight excluding hydrogens is 723 g/mol. The fourth-order valence-corrected chi connectivity index (χ4v) is 12.4. The highest BCUT2D eigenvalue weighted by Gasteiger charge is 2.42. The Hall–Kier alpha value is -7.36. The van der Waals surface area contributed by atoms with Gasteiger partial charge in [0.25, 0.3) is 6.71 Å². The number of fused-ring (bicyclic) bond motifs is 24. The van der Waals surface area contributed by atoms with Crippen molar-refractivity contribution in [3.05, 3.63) is 174 Å². The summed E-state index contributed by atoms with van der Waals surface area (Å²) in [5.74, 6) is 0. The summed E-state index contributed by atoms with van der Waals surface area (Å²) in [5, 5.41) is 21.2. The topological polar surface area (TPSA) is 9.86 Å². The molecule has 2 nitrogen and oxygen atoms in total. The van der Waals surface area contributed by atoms with Crippen LogP contribution >= 0.6 is 0 Å². The fraction of sp³-hybridized carbons (Fsp3) is 0.0526. The van der Waals surface area contributed by atoms with Gasteiger partial charge in [-0.2, -0.15) is 0 Å². The van der Waals surface area contributed by atoms with Gasteiger partial charge in [0.05, 0.1) is 16.6 Å². The van der Waals surface area contributed by atoms with Crippen molar-refractivity contribution < 1.29 is 0 Å². The van der Waals surface area contributed by atoms with Crippen molar-refractivity contribution in [3.63, 3.8) is 0 Å². The Morgan fingerprint density at radius 3 is 1.42 bits per heavy atom. The van der Waals surface area contributed by atoms with Crippen molar-refractivity contribution in [1.82, 2.24) is 9.13 Å². The highest BCUT2D eigenvalue weighted by atomic mass is 15.0. The molecule has 0 atom stereocenters. The van der Waals surface area contributed by atoms with Gasteiger partial charge < -0.3 is 9.13 Å². The minimum absolute atomic E-state index is 0.0497. The van der Waals surface area contributed by atoms with Crippen LogP contribution in [-0.2, 0) is 0 Å². The maximum absolute atomic E-state index is 2.68. The molecule has 0 N–H and O–H groups in total. The number of hydrogen-bond acceptors (Lipinski definition) is 0. The summed E-state index contributed by atoms with van der Waals surface area (Å²) in [4.78, 5) is 0. The van der Waals surface area contributed by atoms with Crippen LogP contribution in [0.4, 0.5) is 0 Å². The Bertz CT molecular complexity index is 4180. The molecule has 2 aliphatic heterocycles. The number of nitrogens with zero attached hydrogens (tertiary/aromatic N) is 2. The van der Waals surface area contributed by atoms with Gasteiger partial charge in [-0.1, -0.05) is 132 Å². The van der Waals surface area contributed by atoms with Crippen LogP contribution in [0.15, 0.2) is 158 Å². The molecule has 0 fully saturated rings. The number of benzene rings is 11. The van der Waals surface area contributed by atoms with Crippen LogP contribution in [0, 0.1) is 20.8 Å². The Morgan fingerprint density at radius 1 is 0.317 bits per heavy atom. The SMILES string of the molecule is Cc1cc2c3c(c1)-n1c4ccc5c6ccccc6c6ccccc6c5c4c4c5c6ccccc6c6ccccc6c5cc(c41)B3c1cc(C)cc3c4cc(C)ccc4n-2c13. The monoisotopic (exact) mass is 758 g/mol. The van der Waals surface area contributed by atoms with E-state index in [0.29, 0.717) is 0 Å². The molecule has 0 saturated heterocycles. The van der Waals surface area contributed by atoms with Crippen molar-refractivity contribution in [2.45, 2.75) is 20.8 Å².